The first-order chi connectivity index (χ1) is 31.6. The van der Waals surface area contributed by atoms with E-state index < -0.39 is 32.9 Å². The van der Waals surface area contributed by atoms with Gasteiger partial charge in [0.2, 0.25) is 0 Å². The zero-order valence-electron chi connectivity index (χ0n) is 37.7. The van der Waals surface area contributed by atoms with E-state index in [1.807, 2.05) is 74.7 Å². The van der Waals surface area contributed by atoms with Gasteiger partial charge in [-0.05, 0) is 115 Å². The number of ether oxygens (including phenoxy) is 4. The molecule has 0 aliphatic heterocycles. The van der Waals surface area contributed by atoms with Crippen molar-refractivity contribution in [3.63, 3.8) is 0 Å². The lowest BCUT2D eigenvalue weighted by molar-refractivity contribution is 0.103. The molecule has 0 saturated heterocycles. The molecule has 0 radical (unpaired) electrons. The fourth-order valence-corrected chi connectivity index (χ4v) is 8.99. The fraction of sp³-hybridized carbons (Fsp3) is 0.304. The van der Waals surface area contributed by atoms with Crippen molar-refractivity contribution in [1.82, 2.24) is 39.5 Å². The van der Waals surface area contributed by atoms with Gasteiger partial charge in [0, 0.05) is 21.8 Å². The lowest BCUT2D eigenvalue weighted by Crippen LogP contribution is -2.11. The standard InChI is InChI=1S/C43H42IN9O8.C2H6.CH5N/c1-7-60-43(57)61-37-21-35(55)31(20-36(37)59-6)41-50-51-42(56)53(41)33-12-8-10-24(2)38(33)45-17-16-27(44-22-54)18-25(3)29-15-14-28(58-5)19-30(29)40-49-48-26(4)52(40)34-13-9-11-32-39(34)47-23-46-32;2*1-2/h8-15,17,19-21,23,25,27,55H,7,16,18H2,1-6H3,(H,46,47)(H,51,56);1-2H3;2H2,1H3. The number of aromatic hydroxyl groups is 2. The number of carbonyl (C=O) groups excluding carboxylic acids is 2. The number of hydrogen-bond donors (Lipinski definition) is 4. The number of imidazole rings is 1. The molecule has 2 atom stereocenters. The third-order valence-electron chi connectivity index (χ3n) is 10.00. The minimum absolute atomic E-state index is 0.0247. The highest BCUT2D eigenvalue weighted by Gasteiger charge is 2.26. The third-order valence-corrected chi connectivity index (χ3v) is 12.1. The summed E-state index contributed by atoms with van der Waals surface area (Å²) in [6, 6.07) is 19.4. The van der Waals surface area contributed by atoms with Crippen LogP contribution in [0.4, 0.5) is 10.5 Å². The molecule has 0 aliphatic carbocycles. The van der Waals surface area contributed by atoms with Crippen LogP contribution in [0.25, 0.3) is 45.2 Å². The van der Waals surface area contributed by atoms with Crippen molar-refractivity contribution >= 4 is 53.7 Å². The second-order valence-electron chi connectivity index (χ2n) is 13.8. The van der Waals surface area contributed by atoms with Crippen molar-refractivity contribution in [3.8, 4) is 63.2 Å². The number of phenolic OH excluding ortho intramolecular Hbond substituents is 1. The number of rotatable bonds is 15. The first-order valence-electron chi connectivity index (χ1n) is 20.7. The van der Waals surface area contributed by atoms with Crippen LogP contribution in [0.1, 0.15) is 63.4 Å². The molecule has 7 rings (SSSR count). The first-order valence-corrected chi connectivity index (χ1v) is 23.0. The summed E-state index contributed by atoms with van der Waals surface area (Å²) >= 11 is -0.999. The van der Waals surface area contributed by atoms with E-state index in [-0.39, 0.29) is 45.1 Å². The topological polar surface area (TPSA) is 240 Å². The average molecular weight is 1000 g/mol. The number of nitrogens with two attached hydrogens (primary N) is 1. The lowest BCUT2D eigenvalue weighted by Gasteiger charge is -2.20. The number of phenols is 1. The number of aromatic amines is 1. The lowest BCUT2D eigenvalue weighted by atomic mass is 9.90. The number of aromatic nitrogens is 8. The predicted molar refractivity (Wildman–Crippen MR) is 258 cm³/mol. The van der Waals surface area contributed by atoms with Gasteiger partial charge in [-0.15, -0.1) is 15.3 Å². The molecule has 0 fully saturated rings. The summed E-state index contributed by atoms with van der Waals surface area (Å²) in [5.74, 6) is 1.72. The Morgan fingerprint density at radius 3 is 2.37 bits per heavy atom. The average Bonchev–Trinajstić information content (AvgIpc) is 4.06. The Labute approximate surface area is 386 Å². The van der Waals surface area contributed by atoms with Crippen LogP contribution >= 0.6 is 20.7 Å². The summed E-state index contributed by atoms with van der Waals surface area (Å²) in [4.78, 5) is 36.7. The maximum absolute atomic E-state index is 12.0. The summed E-state index contributed by atoms with van der Waals surface area (Å²) in [5.41, 5.74) is 10.7. The van der Waals surface area contributed by atoms with Gasteiger partial charge in [-0.1, -0.05) is 50.1 Å². The monoisotopic (exact) mass is 1000 g/mol. The van der Waals surface area contributed by atoms with E-state index in [9.17, 15) is 19.8 Å². The molecule has 7 aromatic rings. The number of aliphatic imine (C=N–C) groups is 1. The van der Waals surface area contributed by atoms with E-state index in [1.54, 1.807) is 38.7 Å². The van der Waals surface area contributed by atoms with Gasteiger partial charge in [0.05, 0.1) is 55.3 Å². The number of nitrogens with one attached hydrogen (secondary N) is 1. The van der Waals surface area contributed by atoms with Crippen LogP contribution in [-0.4, -0.2) is 97.8 Å². The molecule has 18 nitrogen and oxygen atoms in total. The number of benzene rings is 4. The van der Waals surface area contributed by atoms with Gasteiger partial charge in [0.1, 0.15) is 22.8 Å². The van der Waals surface area contributed by atoms with Crippen LogP contribution in [0.15, 0.2) is 78.0 Å². The molecule has 0 saturated carbocycles. The summed E-state index contributed by atoms with van der Waals surface area (Å²) in [6.45, 7) is 11.6. The van der Waals surface area contributed by atoms with Crippen LogP contribution in [0.3, 0.4) is 0 Å². The van der Waals surface area contributed by atoms with E-state index in [1.165, 1.54) is 30.9 Å². The van der Waals surface area contributed by atoms with E-state index in [2.05, 4.69) is 46.9 Å². The molecule has 3 aromatic heterocycles. The number of methoxy groups -OCH3 is 2. The molecule has 5 N–H and O–H groups in total. The van der Waals surface area contributed by atoms with E-state index in [0.717, 1.165) is 33.4 Å². The van der Waals surface area contributed by atoms with Gasteiger partial charge in [0.25, 0.3) is 0 Å². The van der Waals surface area contributed by atoms with E-state index in [0.29, 0.717) is 41.6 Å². The Bertz CT molecular complexity index is 2810. The molecule has 342 valence electrons. The largest absolute Gasteiger partial charge is 0.513 e. The minimum atomic E-state index is -0.999. The van der Waals surface area contributed by atoms with Gasteiger partial charge in [-0.3, -0.25) is 9.56 Å². The van der Waals surface area contributed by atoms with Gasteiger partial charge < -0.3 is 39.9 Å². The Kier molecular flexibility index (Phi) is 17.4. The van der Waals surface area contributed by atoms with Crippen LogP contribution in [0, 0.1) is 13.8 Å². The van der Waals surface area contributed by atoms with Crippen LogP contribution in [-0.2, 0) is 9.53 Å². The van der Waals surface area contributed by atoms with Crippen LogP contribution in [0.2, 0.25) is 0 Å². The second-order valence-corrected chi connectivity index (χ2v) is 16.6. The summed E-state index contributed by atoms with van der Waals surface area (Å²) in [6.07, 6.45) is 3.61. The molecule has 2 unspecified atom stereocenters. The Hall–Kier alpha value is -6.96. The number of carbonyl (C=O) groups is 1. The molecule has 0 aliphatic rings. The van der Waals surface area contributed by atoms with Crippen molar-refractivity contribution < 1.29 is 38.7 Å². The summed E-state index contributed by atoms with van der Waals surface area (Å²) < 4.78 is 26.7. The smallest absolute Gasteiger partial charge is 0.507 e. The predicted octanol–water partition coefficient (Wildman–Crippen LogP) is 8.93. The number of para-hydroxylation sites is 2. The van der Waals surface area contributed by atoms with Crippen molar-refractivity contribution in [1.29, 1.82) is 0 Å². The van der Waals surface area contributed by atoms with Crippen molar-refractivity contribution in [2.75, 3.05) is 27.9 Å². The summed E-state index contributed by atoms with van der Waals surface area (Å²) in [7, 11) is 4.49. The van der Waals surface area contributed by atoms with E-state index in [4.69, 9.17) is 23.9 Å². The molecule has 65 heavy (non-hydrogen) atoms. The maximum Gasteiger partial charge on any atom is 0.513 e. The highest BCUT2D eigenvalue weighted by Crippen LogP contribution is 2.43. The second kappa shape index (κ2) is 23.1. The Morgan fingerprint density at radius 2 is 1.65 bits per heavy atom. The van der Waals surface area contributed by atoms with Gasteiger partial charge >= 0.3 is 12.2 Å². The van der Waals surface area contributed by atoms with Gasteiger partial charge in [-0.2, -0.15) is 0 Å². The fourth-order valence-electron chi connectivity index (χ4n) is 7.13. The van der Waals surface area contributed by atoms with Crippen LogP contribution < -0.4 is 19.9 Å². The van der Waals surface area contributed by atoms with Gasteiger partial charge in [-0.25, -0.2) is 19.1 Å². The number of fused-ring (bicyclic) bond motifs is 1. The number of hydrogen-bond acceptors (Lipinski definition) is 15. The molecule has 4 aromatic carbocycles. The highest BCUT2D eigenvalue weighted by molar-refractivity contribution is 14.2. The molecule has 0 amide bonds. The number of aryl methyl sites for hydroxylation is 2. The summed E-state index contributed by atoms with van der Waals surface area (Å²) in [5, 5.41) is 39.3. The Balaban J connectivity index is 0.00000193. The quantitative estimate of drug-likeness (QED) is 0.0247. The molecule has 19 heteroatoms. The van der Waals surface area contributed by atoms with E-state index >= 15 is 0 Å². The zero-order chi connectivity index (χ0) is 47.2. The first kappa shape index (κ1) is 49.1. The van der Waals surface area contributed by atoms with Crippen molar-refractivity contribution in [2.45, 2.75) is 64.2 Å². The number of halogens is 1. The SMILES string of the molecule is CC.CCOC(=O)Oc1cc(O)c(-c2nnc(O)n2-c2cccc(C)c2N=CCC(CC(C)c2ccc(OC)cc2-c2nnc(C)n2-c2cccc3[nH]cnc23)I=C=O)cc1OC.CN. The number of alkyl halides is 1. The van der Waals surface area contributed by atoms with Crippen molar-refractivity contribution in [2.24, 2.45) is 10.7 Å². The maximum atomic E-state index is 12.0. The van der Waals surface area contributed by atoms with Crippen molar-refractivity contribution in [3.05, 3.63) is 90.0 Å². The minimum Gasteiger partial charge on any atom is -0.507 e. The van der Waals surface area contributed by atoms with Gasteiger partial charge in [0.15, 0.2) is 27.0 Å². The molecule has 0 spiro atoms. The zero-order valence-corrected chi connectivity index (χ0v) is 39.8. The number of nitrogens with zero attached hydrogens (tertiary/aromatic N) is 8. The molecule has 3 heterocycles. The normalized spacial score (nSPS) is 11.8. The molecular weight excluding hydrogens is 947 g/mol. The third kappa shape index (κ3) is 10.9. The van der Waals surface area contributed by atoms with Crippen LogP contribution in [0.5, 0.6) is 29.0 Å². The Morgan fingerprint density at radius 1 is 0.923 bits per heavy atom. The highest BCUT2D eigenvalue weighted by atomic mass is 127. The molecule has 0 bridgehead atoms. The number of H-pyrrole nitrogens is 1. The molecular formula is C46H53IN10O8.